The number of allylic oxidation sites excluding steroid dienone is 1. The third kappa shape index (κ3) is 4.00. The topological polar surface area (TPSA) is 37.3 Å². The van der Waals surface area contributed by atoms with Crippen LogP contribution >= 0.6 is 0 Å². The zero-order valence-electron chi connectivity index (χ0n) is 17.0. The van der Waals surface area contributed by atoms with Crippen molar-refractivity contribution in [2.45, 2.75) is 64.2 Å². The van der Waals surface area contributed by atoms with Crippen molar-refractivity contribution in [3.63, 3.8) is 0 Å². The van der Waals surface area contributed by atoms with Gasteiger partial charge in [-0.05, 0) is 64.0 Å². The molecule has 2 aromatic rings. The quantitative estimate of drug-likeness (QED) is 0.669. The van der Waals surface area contributed by atoms with Gasteiger partial charge in [0.1, 0.15) is 0 Å². The van der Waals surface area contributed by atoms with Crippen LogP contribution in [0.4, 0.5) is 0 Å². The first-order valence-corrected chi connectivity index (χ1v) is 9.77. The van der Waals surface area contributed by atoms with Gasteiger partial charge in [0.05, 0.1) is 5.56 Å². The van der Waals surface area contributed by atoms with Crippen molar-refractivity contribution < 1.29 is 9.90 Å². The standard InChI is InChI=1S/C25H30O2/c1-17(6-7-18-8-10-19(11-9-18)23(26)27)20-12-13-21-22(16-20)25(4,5)15-14-24(21,2)3/h6-13,16-17H,14-15H2,1-5H3,(H,26,27). The number of hydrogen-bond acceptors (Lipinski definition) is 1. The smallest absolute Gasteiger partial charge is 0.335 e. The molecule has 3 rings (SSSR count). The van der Waals surface area contributed by atoms with E-state index in [4.69, 9.17) is 5.11 Å². The van der Waals surface area contributed by atoms with Gasteiger partial charge in [-0.1, -0.05) is 77.1 Å². The zero-order valence-corrected chi connectivity index (χ0v) is 17.0. The Labute approximate surface area is 162 Å². The first kappa shape index (κ1) is 19.4. The summed E-state index contributed by atoms with van der Waals surface area (Å²) >= 11 is 0. The van der Waals surface area contributed by atoms with Crippen molar-refractivity contribution in [2.24, 2.45) is 0 Å². The second-order valence-corrected chi connectivity index (χ2v) is 9.15. The molecule has 142 valence electrons. The number of carboxylic acid groups (broad SMARTS) is 1. The third-order valence-electron chi connectivity index (χ3n) is 6.14. The van der Waals surface area contributed by atoms with E-state index in [0.29, 0.717) is 11.5 Å². The fourth-order valence-electron chi connectivity index (χ4n) is 3.99. The van der Waals surface area contributed by atoms with Gasteiger partial charge in [-0.15, -0.1) is 0 Å². The predicted molar refractivity (Wildman–Crippen MR) is 113 cm³/mol. The molecule has 1 aliphatic carbocycles. The summed E-state index contributed by atoms with van der Waals surface area (Å²) < 4.78 is 0. The third-order valence-corrected chi connectivity index (χ3v) is 6.14. The molecule has 0 aromatic heterocycles. The molecule has 2 heteroatoms. The average Bonchev–Trinajstić information content (AvgIpc) is 2.63. The van der Waals surface area contributed by atoms with Gasteiger partial charge in [0, 0.05) is 0 Å². The Morgan fingerprint density at radius 1 is 0.963 bits per heavy atom. The minimum Gasteiger partial charge on any atom is -0.478 e. The van der Waals surface area contributed by atoms with Gasteiger partial charge in [-0.2, -0.15) is 0 Å². The summed E-state index contributed by atoms with van der Waals surface area (Å²) in [5.41, 5.74) is 6.11. The van der Waals surface area contributed by atoms with Crippen molar-refractivity contribution in [3.05, 3.63) is 76.4 Å². The minimum atomic E-state index is -0.890. The minimum absolute atomic E-state index is 0.219. The van der Waals surface area contributed by atoms with Crippen LogP contribution in [-0.4, -0.2) is 11.1 Å². The van der Waals surface area contributed by atoms with Crippen molar-refractivity contribution in [2.75, 3.05) is 0 Å². The number of aromatic carboxylic acids is 1. The Kier molecular flexibility index (Phi) is 5.03. The Morgan fingerprint density at radius 3 is 2.15 bits per heavy atom. The molecule has 1 N–H and O–H groups in total. The van der Waals surface area contributed by atoms with E-state index in [9.17, 15) is 4.79 Å². The summed E-state index contributed by atoms with van der Waals surface area (Å²) in [7, 11) is 0. The highest BCUT2D eigenvalue weighted by Crippen LogP contribution is 2.46. The number of hydrogen-bond donors (Lipinski definition) is 1. The van der Waals surface area contributed by atoms with Crippen LogP contribution in [0.1, 0.15) is 86.0 Å². The monoisotopic (exact) mass is 362 g/mol. The van der Waals surface area contributed by atoms with E-state index in [1.165, 1.54) is 29.5 Å². The van der Waals surface area contributed by atoms with Gasteiger partial charge in [0.15, 0.2) is 0 Å². The number of fused-ring (bicyclic) bond motifs is 1. The highest BCUT2D eigenvalue weighted by atomic mass is 16.4. The summed E-state index contributed by atoms with van der Waals surface area (Å²) in [6, 6.07) is 14.0. The highest BCUT2D eigenvalue weighted by molar-refractivity contribution is 5.87. The highest BCUT2D eigenvalue weighted by Gasteiger charge is 2.37. The fourth-order valence-corrected chi connectivity index (χ4v) is 3.99. The zero-order chi connectivity index (χ0) is 19.8. The number of benzene rings is 2. The van der Waals surface area contributed by atoms with Crippen LogP contribution in [0.3, 0.4) is 0 Å². The molecular formula is C25H30O2. The van der Waals surface area contributed by atoms with Crippen LogP contribution < -0.4 is 0 Å². The van der Waals surface area contributed by atoms with E-state index in [1.54, 1.807) is 12.1 Å². The summed E-state index contributed by atoms with van der Waals surface area (Å²) in [5, 5.41) is 9.00. The lowest BCUT2D eigenvalue weighted by Crippen LogP contribution is -2.33. The maximum atomic E-state index is 11.0. The second-order valence-electron chi connectivity index (χ2n) is 9.15. The number of carboxylic acids is 1. The molecule has 1 atom stereocenters. The first-order valence-electron chi connectivity index (χ1n) is 9.77. The molecule has 2 aromatic carbocycles. The second kappa shape index (κ2) is 6.99. The first-order chi connectivity index (χ1) is 12.6. The lowest BCUT2D eigenvalue weighted by atomic mass is 9.63. The summed E-state index contributed by atoms with van der Waals surface area (Å²) in [6.07, 6.45) is 6.72. The van der Waals surface area contributed by atoms with Crippen LogP contribution in [-0.2, 0) is 10.8 Å². The van der Waals surface area contributed by atoms with Crippen molar-refractivity contribution >= 4 is 12.0 Å². The molecule has 0 aliphatic heterocycles. The lowest BCUT2D eigenvalue weighted by molar-refractivity contribution is 0.0697. The molecule has 1 aliphatic rings. The molecule has 0 amide bonds. The summed E-state index contributed by atoms with van der Waals surface area (Å²) in [4.78, 5) is 11.0. The van der Waals surface area contributed by atoms with Gasteiger partial charge in [-0.25, -0.2) is 4.79 Å². The van der Waals surface area contributed by atoms with E-state index < -0.39 is 5.97 Å². The van der Waals surface area contributed by atoms with Crippen molar-refractivity contribution in [1.29, 1.82) is 0 Å². The molecule has 0 spiro atoms. The molecular weight excluding hydrogens is 332 g/mol. The largest absolute Gasteiger partial charge is 0.478 e. The van der Waals surface area contributed by atoms with Gasteiger partial charge in [0.25, 0.3) is 0 Å². The summed E-state index contributed by atoms with van der Waals surface area (Å²) in [6.45, 7) is 11.6. The molecule has 1 unspecified atom stereocenters. The van der Waals surface area contributed by atoms with Crippen molar-refractivity contribution in [1.82, 2.24) is 0 Å². The van der Waals surface area contributed by atoms with E-state index in [2.05, 4.69) is 65.0 Å². The van der Waals surface area contributed by atoms with Crippen LogP contribution in [0.5, 0.6) is 0 Å². The molecule has 0 heterocycles. The fraction of sp³-hybridized carbons (Fsp3) is 0.400. The van der Waals surface area contributed by atoms with E-state index in [0.717, 1.165) is 5.56 Å². The van der Waals surface area contributed by atoms with Gasteiger partial charge in [-0.3, -0.25) is 0 Å². The maximum absolute atomic E-state index is 11.0. The molecule has 0 bridgehead atoms. The van der Waals surface area contributed by atoms with Crippen LogP contribution in [0.25, 0.3) is 6.08 Å². The summed E-state index contributed by atoms with van der Waals surface area (Å²) in [5.74, 6) is -0.589. The van der Waals surface area contributed by atoms with Crippen molar-refractivity contribution in [3.8, 4) is 0 Å². The van der Waals surface area contributed by atoms with Crippen LogP contribution in [0.2, 0.25) is 0 Å². The van der Waals surface area contributed by atoms with E-state index in [-0.39, 0.29) is 10.8 Å². The molecule has 27 heavy (non-hydrogen) atoms. The predicted octanol–water partition coefficient (Wildman–Crippen LogP) is 6.55. The Bertz CT molecular complexity index is 870. The number of carbonyl (C=O) groups is 1. The van der Waals surface area contributed by atoms with E-state index in [1.807, 2.05) is 12.1 Å². The van der Waals surface area contributed by atoms with Crippen LogP contribution in [0, 0.1) is 0 Å². The Hall–Kier alpha value is -2.35. The SMILES string of the molecule is CC(C=Cc1ccc(C(=O)O)cc1)c1ccc2c(c1)C(C)(C)CCC2(C)C. The van der Waals surface area contributed by atoms with Gasteiger partial charge < -0.3 is 5.11 Å². The molecule has 0 fully saturated rings. The number of rotatable bonds is 4. The van der Waals surface area contributed by atoms with Gasteiger partial charge >= 0.3 is 5.97 Å². The van der Waals surface area contributed by atoms with Crippen LogP contribution in [0.15, 0.2) is 48.5 Å². The Morgan fingerprint density at radius 2 is 1.56 bits per heavy atom. The normalized spacial score (nSPS) is 18.9. The maximum Gasteiger partial charge on any atom is 0.335 e. The molecule has 0 saturated heterocycles. The lowest BCUT2D eigenvalue weighted by Gasteiger charge is -2.42. The average molecular weight is 363 g/mol. The molecule has 0 radical (unpaired) electrons. The van der Waals surface area contributed by atoms with E-state index >= 15 is 0 Å². The van der Waals surface area contributed by atoms with Gasteiger partial charge in [0.2, 0.25) is 0 Å². The molecule has 2 nitrogen and oxygen atoms in total. The Balaban J connectivity index is 1.85. The molecule has 0 saturated carbocycles.